The van der Waals surface area contributed by atoms with Crippen molar-refractivity contribution in [3.05, 3.63) is 24.3 Å². The average molecular weight is 363 g/mol. The van der Waals surface area contributed by atoms with Gasteiger partial charge in [0.05, 0.1) is 5.41 Å². The maximum absolute atomic E-state index is 12.1. The molecule has 0 unspecified atom stereocenters. The summed E-state index contributed by atoms with van der Waals surface area (Å²) in [6.45, 7) is 12.1. The van der Waals surface area contributed by atoms with E-state index in [1.807, 2.05) is 53.7 Å². The van der Waals surface area contributed by atoms with Crippen LogP contribution < -0.4 is 10.1 Å². The van der Waals surface area contributed by atoms with Crippen LogP contribution in [0.3, 0.4) is 0 Å². The second kappa shape index (κ2) is 9.60. The number of esters is 2. The van der Waals surface area contributed by atoms with Gasteiger partial charge in [0.2, 0.25) is 0 Å². The van der Waals surface area contributed by atoms with E-state index in [2.05, 4.69) is 5.32 Å². The summed E-state index contributed by atoms with van der Waals surface area (Å²) < 4.78 is 10.7. The normalized spacial score (nSPS) is 11.8. The minimum Gasteiger partial charge on any atom is -0.460 e. The first-order valence-electron chi connectivity index (χ1n) is 9.31. The fraction of sp³-hybridized carbons (Fsp3) is 0.619. The summed E-state index contributed by atoms with van der Waals surface area (Å²) in [5.41, 5.74) is 0.0506. The number of hydrogen-bond acceptors (Lipinski definition) is 5. The summed E-state index contributed by atoms with van der Waals surface area (Å²) in [4.78, 5) is 23.7. The largest absolute Gasteiger partial charge is 0.460 e. The Morgan fingerprint density at radius 2 is 1.62 bits per heavy atom. The first-order chi connectivity index (χ1) is 12.0. The summed E-state index contributed by atoms with van der Waals surface area (Å²) >= 11 is 0. The number of anilines is 1. The molecule has 0 bridgehead atoms. The van der Waals surface area contributed by atoms with Gasteiger partial charge in [-0.05, 0) is 78.1 Å². The van der Waals surface area contributed by atoms with Gasteiger partial charge in [-0.3, -0.25) is 9.59 Å². The zero-order chi connectivity index (χ0) is 19.8. The minimum absolute atomic E-state index is 0.154. The second-order valence-electron chi connectivity index (χ2n) is 8.12. The number of benzene rings is 1. The van der Waals surface area contributed by atoms with Crippen LogP contribution in [0.15, 0.2) is 24.3 Å². The Hall–Kier alpha value is -2.04. The fourth-order valence-electron chi connectivity index (χ4n) is 2.05. The van der Waals surface area contributed by atoms with E-state index in [4.69, 9.17) is 9.47 Å². The lowest BCUT2D eigenvalue weighted by Crippen LogP contribution is -2.28. The topological polar surface area (TPSA) is 64.6 Å². The van der Waals surface area contributed by atoms with Gasteiger partial charge in [0.25, 0.3) is 0 Å². The van der Waals surface area contributed by atoms with Gasteiger partial charge < -0.3 is 14.8 Å². The van der Waals surface area contributed by atoms with E-state index < -0.39 is 11.0 Å². The minimum atomic E-state index is -0.481. The number of unbranched alkanes of at least 4 members (excludes halogenated alkanes) is 1. The molecule has 0 fully saturated rings. The van der Waals surface area contributed by atoms with Crippen molar-refractivity contribution in [2.24, 2.45) is 5.41 Å². The predicted molar refractivity (Wildman–Crippen MR) is 104 cm³/mol. The quantitative estimate of drug-likeness (QED) is 0.382. The third-order valence-electron chi connectivity index (χ3n) is 4.06. The Morgan fingerprint density at radius 3 is 2.15 bits per heavy atom. The van der Waals surface area contributed by atoms with Gasteiger partial charge in [0, 0.05) is 18.7 Å². The molecule has 0 aliphatic heterocycles. The van der Waals surface area contributed by atoms with Crippen molar-refractivity contribution >= 4 is 17.6 Å². The van der Waals surface area contributed by atoms with Gasteiger partial charge in [0.15, 0.2) is 0 Å². The fourth-order valence-corrected chi connectivity index (χ4v) is 2.05. The van der Waals surface area contributed by atoms with Crippen LogP contribution in [0.5, 0.6) is 5.75 Å². The summed E-state index contributed by atoms with van der Waals surface area (Å²) in [6, 6.07) is 7.34. The number of carbonyl (C=O) groups is 2. The summed E-state index contributed by atoms with van der Waals surface area (Å²) in [5.74, 6) is 0.175. The van der Waals surface area contributed by atoms with E-state index in [-0.39, 0.29) is 11.9 Å². The van der Waals surface area contributed by atoms with Crippen molar-refractivity contribution in [3.8, 4) is 5.75 Å². The summed E-state index contributed by atoms with van der Waals surface area (Å²) in [7, 11) is 0. The monoisotopic (exact) mass is 363 g/mol. The van der Waals surface area contributed by atoms with Gasteiger partial charge in [-0.2, -0.15) is 0 Å². The van der Waals surface area contributed by atoms with Gasteiger partial charge in [-0.25, -0.2) is 0 Å². The zero-order valence-corrected chi connectivity index (χ0v) is 17.0. The smallest absolute Gasteiger partial charge is 0.316 e. The number of hydrogen-bond donors (Lipinski definition) is 1. The lowest BCUT2D eigenvalue weighted by Gasteiger charge is -2.20. The molecular weight excluding hydrogens is 330 g/mol. The molecule has 1 N–H and O–H groups in total. The molecule has 0 spiro atoms. The molecule has 0 aliphatic carbocycles. The van der Waals surface area contributed by atoms with Gasteiger partial charge in [0.1, 0.15) is 11.4 Å². The molecule has 0 radical (unpaired) electrons. The van der Waals surface area contributed by atoms with Crippen LogP contribution in [0.2, 0.25) is 0 Å². The van der Waals surface area contributed by atoms with Crippen molar-refractivity contribution in [2.45, 2.75) is 72.8 Å². The first-order valence-corrected chi connectivity index (χ1v) is 9.31. The Balaban J connectivity index is 2.31. The van der Waals surface area contributed by atoms with Crippen molar-refractivity contribution in [3.63, 3.8) is 0 Å². The maximum atomic E-state index is 12.1. The van der Waals surface area contributed by atoms with Gasteiger partial charge in [-0.15, -0.1) is 0 Å². The molecule has 0 heterocycles. The summed E-state index contributed by atoms with van der Waals surface area (Å²) in [6.07, 6.45) is 2.82. The van der Waals surface area contributed by atoms with Crippen LogP contribution in [0.1, 0.15) is 67.2 Å². The predicted octanol–water partition coefficient (Wildman–Crippen LogP) is 4.95. The van der Waals surface area contributed by atoms with Crippen molar-refractivity contribution < 1.29 is 19.1 Å². The van der Waals surface area contributed by atoms with Crippen LogP contribution in [0.25, 0.3) is 0 Å². The second-order valence-corrected chi connectivity index (χ2v) is 8.12. The maximum Gasteiger partial charge on any atom is 0.316 e. The van der Waals surface area contributed by atoms with Crippen LogP contribution >= 0.6 is 0 Å². The van der Waals surface area contributed by atoms with Crippen LogP contribution in [0, 0.1) is 5.41 Å². The standard InChI is InChI=1S/C21H33NO4/c1-7-21(5,6)19(24)25-17-13-11-16(12-14-17)22-15-9-8-10-18(23)26-20(2,3)4/h11-14,22H,7-10,15H2,1-6H3. The van der Waals surface area contributed by atoms with Crippen LogP contribution in [0.4, 0.5) is 5.69 Å². The Bertz CT molecular complexity index is 585. The van der Waals surface area contributed by atoms with Crippen LogP contribution in [-0.4, -0.2) is 24.1 Å². The van der Waals surface area contributed by atoms with E-state index in [1.165, 1.54) is 0 Å². The molecule has 0 atom stereocenters. The van der Waals surface area contributed by atoms with E-state index in [0.29, 0.717) is 12.2 Å². The summed E-state index contributed by atoms with van der Waals surface area (Å²) in [5, 5.41) is 3.30. The lowest BCUT2D eigenvalue weighted by molar-refractivity contribution is -0.155. The van der Waals surface area contributed by atoms with Gasteiger partial charge >= 0.3 is 11.9 Å². The number of rotatable bonds is 9. The molecule has 5 heteroatoms. The molecule has 0 aliphatic rings. The number of ether oxygens (including phenoxy) is 2. The number of nitrogens with one attached hydrogen (secondary N) is 1. The van der Waals surface area contributed by atoms with E-state index in [1.54, 1.807) is 12.1 Å². The SMILES string of the molecule is CCC(C)(C)C(=O)Oc1ccc(NCCCCC(=O)OC(C)(C)C)cc1. The van der Waals surface area contributed by atoms with E-state index >= 15 is 0 Å². The molecule has 0 aromatic heterocycles. The Labute approximate surface area is 157 Å². The molecule has 1 aromatic carbocycles. The number of carbonyl (C=O) groups excluding carboxylic acids is 2. The Kier molecular flexibility index (Phi) is 8.12. The molecule has 0 saturated carbocycles. The lowest BCUT2D eigenvalue weighted by atomic mass is 9.91. The Morgan fingerprint density at radius 1 is 1.00 bits per heavy atom. The van der Waals surface area contributed by atoms with Gasteiger partial charge in [-0.1, -0.05) is 6.92 Å². The van der Waals surface area contributed by atoms with Crippen molar-refractivity contribution in [2.75, 3.05) is 11.9 Å². The highest BCUT2D eigenvalue weighted by atomic mass is 16.6. The molecule has 1 rings (SSSR count). The molecular formula is C21H33NO4. The molecule has 146 valence electrons. The molecule has 5 nitrogen and oxygen atoms in total. The average Bonchev–Trinajstić information content (AvgIpc) is 2.54. The van der Waals surface area contributed by atoms with E-state index in [0.717, 1.165) is 31.5 Å². The highest BCUT2D eigenvalue weighted by Gasteiger charge is 2.27. The first kappa shape index (κ1) is 22.0. The highest BCUT2D eigenvalue weighted by Crippen LogP contribution is 2.24. The third kappa shape index (κ3) is 8.37. The molecule has 1 aromatic rings. The van der Waals surface area contributed by atoms with Crippen molar-refractivity contribution in [1.29, 1.82) is 0 Å². The molecule has 26 heavy (non-hydrogen) atoms. The third-order valence-corrected chi connectivity index (χ3v) is 4.06. The molecule has 0 amide bonds. The van der Waals surface area contributed by atoms with Crippen LogP contribution in [-0.2, 0) is 14.3 Å². The molecule has 0 saturated heterocycles. The van der Waals surface area contributed by atoms with Crippen molar-refractivity contribution in [1.82, 2.24) is 0 Å². The highest BCUT2D eigenvalue weighted by molar-refractivity contribution is 5.78. The zero-order valence-electron chi connectivity index (χ0n) is 17.0. The van der Waals surface area contributed by atoms with E-state index in [9.17, 15) is 9.59 Å².